The van der Waals surface area contributed by atoms with Crippen molar-refractivity contribution in [3.05, 3.63) is 28.5 Å². The second-order valence-electron chi connectivity index (χ2n) is 5.35. The monoisotopic (exact) mass is 328 g/mol. The summed E-state index contributed by atoms with van der Waals surface area (Å²) in [6.07, 6.45) is 0.587. The Labute approximate surface area is 123 Å². The van der Waals surface area contributed by atoms with E-state index >= 15 is 0 Å². The fourth-order valence-corrected chi connectivity index (χ4v) is 1.95. The fraction of sp³-hybridized carbons (Fsp3) is 0.571. The highest BCUT2D eigenvalue weighted by molar-refractivity contribution is 9.10. The zero-order chi connectivity index (χ0) is 14.5. The SMILES string of the molecule is CCCN(Cc1cccc(Br)n1)C(=O)OC(C)(C)C. The Hall–Kier alpha value is -1.10. The van der Waals surface area contributed by atoms with Gasteiger partial charge in [0.2, 0.25) is 0 Å². The second kappa shape index (κ2) is 6.89. The lowest BCUT2D eigenvalue weighted by Gasteiger charge is -2.27. The van der Waals surface area contributed by atoms with Crippen LogP contribution < -0.4 is 0 Å². The Kier molecular flexibility index (Phi) is 5.79. The van der Waals surface area contributed by atoms with E-state index in [0.29, 0.717) is 13.1 Å². The first-order chi connectivity index (χ1) is 8.81. The topological polar surface area (TPSA) is 42.4 Å². The number of hydrogen-bond donors (Lipinski definition) is 0. The highest BCUT2D eigenvalue weighted by atomic mass is 79.9. The number of carbonyl (C=O) groups is 1. The summed E-state index contributed by atoms with van der Waals surface area (Å²) in [4.78, 5) is 18.1. The molecular formula is C14H21BrN2O2. The third kappa shape index (κ3) is 6.05. The van der Waals surface area contributed by atoms with Crippen LogP contribution in [0, 0.1) is 0 Å². The van der Waals surface area contributed by atoms with Crippen LogP contribution in [0.2, 0.25) is 0 Å². The highest BCUT2D eigenvalue weighted by Crippen LogP contribution is 2.13. The maximum atomic E-state index is 12.1. The molecule has 106 valence electrons. The largest absolute Gasteiger partial charge is 0.444 e. The van der Waals surface area contributed by atoms with Gasteiger partial charge >= 0.3 is 6.09 Å². The zero-order valence-electron chi connectivity index (χ0n) is 11.9. The minimum Gasteiger partial charge on any atom is -0.444 e. The summed E-state index contributed by atoms with van der Waals surface area (Å²) in [5, 5.41) is 0. The number of ether oxygens (including phenoxy) is 1. The summed E-state index contributed by atoms with van der Waals surface area (Å²) in [6.45, 7) is 8.75. The van der Waals surface area contributed by atoms with E-state index in [9.17, 15) is 4.79 Å². The molecule has 0 aromatic carbocycles. The molecule has 0 saturated carbocycles. The number of nitrogens with zero attached hydrogens (tertiary/aromatic N) is 2. The van der Waals surface area contributed by atoms with Crippen LogP contribution in [0.5, 0.6) is 0 Å². The molecule has 1 heterocycles. The minimum atomic E-state index is -0.478. The van der Waals surface area contributed by atoms with Crippen molar-refractivity contribution in [2.75, 3.05) is 6.54 Å². The molecule has 0 unspecified atom stereocenters. The van der Waals surface area contributed by atoms with Gasteiger partial charge in [-0.05, 0) is 55.3 Å². The van der Waals surface area contributed by atoms with Crippen molar-refractivity contribution in [3.8, 4) is 0 Å². The number of rotatable bonds is 4. The average Bonchev–Trinajstić information content (AvgIpc) is 2.26. The van der Waals surface area contributed by atoms with Gasteiger partial charge in [-0.15, -0.1) is 0 Å². The van der Waals surface area contributed by atoms with Crippen LogP contribution in [0.1, 0.15) is 39.8 Å². The van der Waals surface area contributed by atoms with Crippen LogP contribution in [0.15, 0.2) is 22.8 Å². The molecule has 0 fully saturated rings. The molecule has 0 aliphatic heterocycles. The van der Waals surface area contributed by atoms with Gasteiger partial charge in [0.25, 0.3) is 0 Å². The van der Waals surface area contributed by atoms with E-state index in [1.165, 1.54) is 0 Å². The Morgan fingerprint density at radius 2 is 2.11 bits per heavy atom. The summed E-state index contributed by atoms with van der Waals surface area (Å²) >= 11 is 3.33. The predicted molar refractivity (Wildman–Crippen MR) is 78.9 cm³/mol. The van der Waals surface area contributed by atoms with Crippen LogP contribution in [-0.4, -0.2) is 28.1 Å². The summed E-state index contributed by atoms with van der Waals surface area (Å²) < 4.78 is 6.17. The number of aromatic nitrogens is 1. The quantitative estimate of drug-likeness (QED) is 0.785. The number of carbonyl (C=O) groups excluding carboxylic acids is 1. The zero-order valence-corrected chi connectivity index (χ0v) is 13.5. The first kappa shape index (κ1) is 16.0. The summed E-state index contributed by atoms with van der Waals surface area (Å²) in [6, 6.07) is 5.67. The maximum absolute atomic E-state index is 12.1. The highest BCUT2D eigenvalue weighted by Gasteiger charge is 2.22. The lowest BCUT2D eigenvalue weighted by molar-refractivity contribution is 0.0231. The summed E-state index contributed by atoms with van der Waals surface area (Å²) in [7, 11) is 0. The van der Waals surface area contributed by atoms with Crippen LogP contribution in [0.4, 0.5) is 4.79 Å². The summed E-state index contributed by atoms with van der Waals surface area (Å²) in [5.41, 5.74) is 0.363. The Morgan fingerprint density at radius 3 is 2.63 bits per heavy atom. The van der Waals surface area contributed by atoms with Crippen LogP contribution in [-0.2, 0) is 11.3 Å². The summed E-state index contributed by atoms with van der Waals surface area (Å²) in [5.74, 6) is 0. The van der Waals surface area contributed by atoms with Crippen molar-refractivity contribution in [1.29, 1.82) is 0 Å². The Bertz CT molecular complexity index is 430. The van der Waals surface area contributed by atoms with Gasteiger partial charge in [0.05, 0.1) is 12.2 Å². The van der Waals surface area contributed by atoms with Gasteiger partial charge in [-0.3, -0.25) is 0 Å². The van der Waals surface area contributed by atoms with E-state index < -0.39 is 5.60 Å². The van der Waals surface area contributed by atoms with Gasteiger partial charge in [-0.1, -0.05) is 13.0 Å². The van der Waals surface area contributed by atoms with Crippen molar-refractivity contribution >= 4 is 22.0 Å². The van der Waals surface area contributed by atoms with Crippen LogP contribution in [0.3, 0.4) is 0 Å². The molecule has 0 spiro atoms. The van der Waals surface area contributed by atoms with E-state index in [1.54, 1.807) is 4.90 Å². The van der Waals surface area contributed by atoms with E-state index in [0.717, 1.165) is 16.7 Å². The van der Waals surface area contributed by atoms with Crippen molar-refractivity contribution in [2.24, 2.45) is 0 Å². The Morgan fingerprint density at radius 1 is 1.42 bits per heavy atom. The maximum Gasteiger partial charge on any atom is 0.410 e. The lowest BCUT2D eigenvalue weighted by Crippen LogP contribution is -2.37. The van der Waals surface area contributed by atoms with E-state index in [1.807, 2.05) is 45.9 Å². The molecular weight excluding hydrogens is 308 g/mol. The Balaban J connectivity index is 2.75. The van der Waals surface area contributed by atoms with Gasteiger partial charge < -0.3 is 9.64 Å². The third-order valence-corrected chi connectivity index (χ3v) is 2.71. The van der Waals surface area contributed by atoms with Crippen LogP contribution >= 0.6 is 15.9 Å². The van der Waals surface area contributed by atoms with Gasteiger partial charge in [0.1, 0.15) is 10.2 Å². The van der Waals surface area contributed by atoms with Gasteiger partial charge in [-0.25, -0.2) is 9.78 Å². The van der Waals surface area contributed by atoms with Gasteiger partial charge in [-0.2, -0.15) is 0 Å². The molecule has 1 amide bonds. The number of amides is 1. The standard InChI is InChI=1S/C14H21BrN2O2/c1-5-9-17(13(18)19-14(2,3)4)10-11-7-6-8-12(15)16-11/h6-8H,5,9-10H2,1-4H3. The smallest absolute Gasteiger partial charge is 0.410 e. The average molecular weight is 329 g/mol. The molecule has 0 aliphatic carbocycles. The first-order valence-electron chi connectivity index (χ1n) is 6.41. The van der Waals surface area contributed by atoms with Crippen molar-refractivity contribution in [3.63, 3.8) is 0 Å². The lowest BCUT2D eigenvalue weighted by atomic mass is 10.2. The van der Waals surface area contributed by atoms with E-state index in [-0.39, 0.29) is 6.09 Å². The molecule has 1 aromatic rings. The van der Waals surface area contributed by atoms with Gasteiger partial charge in [0.15, 0.2) is 0 Å². The van der Waals surface area contributed by atoms with Gasteiger partial charge in [0, 0.05) is 6.54 Å². The molecule has 19 heavy (non-hydrogen) atoms. The first-order valence-corrected chi connectivity index (χ1v) is 7.20. The molecule has 4 nitrogen and oxygen atoms in total. The molecule has 0 radical (unpaired) electrons. The predicted octanol–water partition coefficient (Wildman–Crippen LogP) is 3.99. The molecule has 0 aliphatic rings. The minimum absolute atomic E-state index is 0.295. The number of halogens is 1. The number of hydrogen-bond acceptors (Lipinski definition) is 3. The van der Waals surface area contributed by atoms with E-state index in [2.05, 4.69) is 20.9 Å². The second-order valence-corrected chi connectivity index (χ2v) is 6.17. The molecule has 0 N–H and O–H groups in total. The molecule has 0 atom stereocenters. The molecule has 0 bridgehead atoms. The van der Waals surface area contributed by atoms with Crippen molar-refractivity contribution < 1.29 is 9.53 Å². The molecule has 5 heteroatoms. The van der Waals surface area contributed by atoms with E-state index in [4.69, 9.17) is 4.74 Å². The molecule has 1 aromatic heterocycles. The molecule has 1 rings (SSSR count). The van der Waals surface area contributed by atoms with Crippen LogP contribution in [0.25, 0.3) is 0 Å². The normalized spacial score (nSPS) is 11.2. The third-order valence-electron chi connectivity index (χ3n) is 2.27. The fourth-order valence-electron chi connectivity index (χ4n) is 1.57. The van der Waals surface area contributed by atoms with Crippen molar-refractivity contribution in [2.45, 2.75) is 46.3 Å². The molecule has 0 saturated heterocycles. The van der Waals surface area contributed by atoms with Crippen molar-refractivity contribution in [1.82, 2.24) is 9.88 Å². The number of pyridine rings is 1.